The van der Waals surface area contributed by atoms with Crippen molar-refractivity contribution in [1.82, 2.24) is 0 Å². The van der Waals surface area contributed by atoms with Crippen LogP contribution in [0, 0.1) is 56.2 Å². The first-order valence-corrected chi connectivity index (χ1v) is 13.9. The van der Waals surface area contributed by atoms with Crippen molar-refractivity contribution in [3.63, 3.8) is 0 Å². The quantitative estimate of drug-likeness (QED) is 0.412. The lowest BCUT2D eigenvalue weighted by atomic mass is 9.30. The highest BCUT2D eigenvalue weighted by atomic mass is 16.3. The Labute approximate surface area is 193 Å². The molecule has 5 rings (SSSR count). The van der Waals surface area contributed by atoms with Gasteiger partial charge in [0.05, 0.1) is 6.10 Å². The normalized spacial score (nSPS) is 60.9. The molecule has 31 heavy (non-hydrogen) atoms. The van der Waals surface area contributed by atoms with Gasteiger partial charge in [0.1, 0.15) is 0 Å². The average Bonchev–Trinajstić information content (AvgIpc) is 2.69. The van der Waals surface area contributed by atoms with Crippen molar-refractivity contribution in [3.8, 4) is 0 Å². The Kier molecular flexibility index (Phi) is 4.80. The summed E-state index contributed by atoms with van der Waals surface area (Å²) >= 11 is 0. The average molecular weight is 429 g/mol. The van der Waals surface area contributed by atoms with E-state index in [1.165, 1.54) is 64.2 Å². The topological polar surface area (TPSA) is 20.2 Å². The van der Waals surface area contributed by atoms with E-state index >= 15 is 0 Å². The number of aliphatic hydroxyl groups is 1. The minimum atomic E-state index is -0.0781. The minimum absolute atomic E-state index is 0.0781. The van der Waals surface area contributed by atoms with Crippen LogP contribution in [0.2, 0.25) is 0 Å². The van der Waals surface area contributed by atoms with Gasteiger partial charge in [0.25, 0.3) is 0 Å². The Bertz CT molecular complexity index is 741. The van der Waals surface area contributed by atoms with E-state index in [2.05, 4.69) is 55.4 Å². The fourth-order valence-corrected chi connectivity index (χ4v) is 11.4. The van der Waals surface area contributed by atoms with E-state index in [-0.39, 0.29) is 6.10 Å². The molecule has 0 heterocycles. The van der Waals surface area contributed by atoms with E-state index in [1.54, 1.807) is 0 Å². The summed E-state index contributed by atoms with van der Waals surface area (Å²) in [7, 11) is 0. The van der Waals surface area contributed by atoms with Gasteiger partial charge in [0, 0.05) is 0 Å². The maximum atomic E-state index is 10.7. The maximum absolute atomic E-state index is 10.7. The third-order valence-corrected chi connectivity index (χ3v) is 13.9. The van der Waals surface area contributed by atoms with Crippen LogP contribution in [-0.2, 0) is 0 Å². The Balaban J connectivity index is 1.54. The molecule has 0 radical (unpaired) electrons. The van der Waals surface area contributed by atoms with Gasteiger partial charge in [-0.1, -0.05) is 55.4 Å². The molecule has 0 amide bonds. The summed E-state index contributed by atoms with van der Waals surface area (Å²) in [5.74, 6) is 3.02. The molecule has 0 bridgehead atoms. The number of fused-ring (bicyclic) bond motifs is 7. The molecule has 5 fully saturated rings. The van der Waals surface area contributed by atoms with Gasteiger partial charge in [-0.3, -0.25) is 0 Å². The van der Waals surface area contributed by atoms with Crippen molar-refractivity contribution in [2.45, 2.75) is 132 Å². The van der Waals surface area contributed by atoms with Gasteiger partial charge in [0.2, 0.25) is 0 Å². The monoisotopic (exact) mass is 428 g/mol. The molecule has 1 heteroatoms. The van der Waals surface area contributed by atoms with Crippen LogP contribution in [0.15, 0.2) is 0 Å². The zero-order valence-electron chi connectivity index (χ0n) is 22.1. The Morgan fingerprint density at radius 2 is 1.19 bits per heavy atom. The summed E-state index contributed by atoms with van der Waals surface area (Å²) in [6, 6.07) is 0. The van der Waals surface area contributed by atoms with Crippen LogP contribution in [0.3, 0.4) is 0 Å². The van der Waals surface area contributed by atoms with E-state index in [0.717, 1.165) is 24.2 Å². The predicted molar refractivity (Wildman–Crippen MR) is 131 cm³/mol. The summed E-state index contributed by atoms with van der Waals surface area (Å²) in [6.45, 7) is 20.9. The van der Waals surface area contributed by atoms with Gasteiger partial charge >= 0.3 is 0 Å². The van der Waals surface area contributed by atoms with Gasteiger partial charge in [-0.15, -0.1) is 0 Å². The third kappa shape index (κ3) is 2.77. The van der Waals surface area contributed by atoms with Crippen LogP contribution in [0.4, 0.5) is 0 Å². The van der Waals surface area contributed by atoms with E-state index in [1.807, 2.05) is 0 Å². The molecule has 178 valence electrons. The zero-order valence-corrected chi connectivity index (χ0v) is 22.1. The zero-order chi connectivity index (χ0) is 22.7. The molecular formula is C30H52O. The molecule has 0 aromatic carbocycles. The van der Waals surface area contributed by atoms with E-state index in [9.17, 15) is 5.11 Å². The fraction of sp³-hybridized carbons (Fsp3) is 1.00. The number of hydrogen-bond acceptors (Lipinski definition) is 1. The molecule has 0 aromatic heterocycles. The Hall–Kier alpha value is -0.0400. The van der Waals surface area contributed by atoms with Crippen LogP contribution in [0.25, 0.3) is 0 Å². The van der Waals surface area contributed by atoms with Crippen molar-refractivity contribution in [2.75, 3.05) is 0 Å². The van der Waals surface area contributed by atoms with Gasteiger partial charge in [-0.05, 0) is 127 Å². The Morgan fingerprint density at radius 1 is 0.581 bits per heavy atom. The van der Waals surface area contributed by atoms with E-state index in [4.69, 9.17) is 0 Å². The van der Waals surface area contributed by atoms with Gasteiger partial charge in [-0.2, -0.15) is 0 Å². The van der Waals surface area contributed by atoms with E-state index in [0.29, 0.717) is 38.4 Å². The van der Waals surface area contributed by atoms with Crippen molar-refractivity contribution >= 4 is 0 Å². The van der Waals surface area contributed by atoms with Crippen LogP contribution in [0.1, 0.15) is 126 Å². The first-order valence-electron chi connectivity index (χ1n) is 13.9. The smallest absolute Gasteiger partial charge is 0.0571 e. The molecule has 0 saturated heterocycles. The molecule has 5 aliphatic rings. The highest BCUT2D eigenvalue weighted by Gasteiger charge is 2.70. The summed E-state index contributed by atoms with van der Waals surface area (Å²) in [4.78, 5) is 0. The molecule has 10 atom stereocenters. The largest absolute Gasteiger partial charge is 0.393 e. The SMILES string of the molecule is C[C@H]1C(O)CCC2[C@]3(C)CC[C@@]4(C)[C@H]5CC(C)(C)CC[C@]5(C)CC[C@]4(C)C3CC[C@@]21C. The van der Waals surface area contributed by atoms with Crippen LogP contribution in [-0.4, -0.2) is 11.2 Å². The van der Waals surface area contributed by atoms with Crippen LogP contribution in [0.5, 0.6) is 0 Å². The first kappa shape index (κ1) is 22.7. The fourth-order valence-electron chi connectivity index (χ4n) is 11.4. The molecule has 5 aliphatic carbocycles. The van der Waals surface area contributed by atoms with Crippen molar-refractivity contribution in [3.05, 3.63) is 0 Å². The Morgan fingerprint density at radius 3 is 1.90 bits per heavy atom. The number of rotatable bonds is 0. The molecule has 1 nitrogen and oxygen atoms in total. The molecule has 3 unspecified atom stereocenters. The second kappa shape index (κ2) is 6.55. The first-order chi connectivity index (χ1) is 14.2. The summed E-state index contributed by atoms with van der Waals surface area (Å²) in [5, 5.41) is 10.7. The number of hydrogen-bond donors (Lipinski definition) is 1. The summed E-state index contributed by atoms with van der Waals surface area (Å²) in [5.41, 5.74) is 2.88. The standard InChI is InChI=1S/C30H52O/c1-20-21(31)9-10-22-27(20,5)12-11-23-28(22,6)16-18-30(8)24-19-25(2,3)13-14-26(24,4)15-17-29(23,30)7/h20-24,31H,9-19H2,1-8H3/t20-,21?,22?,23?,24-,26+,27+,28-,29+,30-/m0/s1. The highest BCUT2D eigenvalue weighted by molar-refractivity contribution is 5.19. The minimum Gasteiger partial charge on any atom is -0.393 e. The molecule has 0 aliphatic heterocycles. The second-order valence-corrected chi connectivity index (χ2v) is 15.5. The number of aliphatic hydroxyl groups excluding tert-OH is 1. The van der Waals surface area contributed by atoms with Gasteiger partial charge in [0.15, 0.2) is 0 Å². The van der Waals surface area contributed by atoms with Crippen molar-refractivity contribution < 1.29 is 5.11 Å². The van der Waals surface area contributed by atoms with Gasteiger partial charge < -0.3 is 5.11 Å². The lowest BCUT2D eigenvalue weighted by Gasteiger charge is -2.75. The molecule has 0 spiro atoms. The van der Waals surface area contributed by atoms with Crippen LogP contribution >= 0.6 is 0 Å². The molecule has 5 saturated carbocycles. The lowest BCUT2D eigenvalue weighted by Crippen LogP contribution is -2.67. The molecule has 1 N–H and O–H groups in total. The lowest BCUT2D eigenvalue weighted by molar-refractivity contribution is -0.263. The molecular weight excluding hydrogens is 376 g/mol. The van der Waals surface area contributed by atoms with E-state index < -0.39 is 0 Å². The van der Waals surface area contributed by atoms with Crippen LogP contribution < -0.4 is 0 Å². The van der Waals surface area contributed by atoms with Gasteiger partial charge in [-0.25, -0.2) is 0 Å². The van der Waals surface area contributed by atoms with Crippen molar-refractivity contribution in [2.24, 2.45) is 56.2 Å². The predicted octanol–water partition coefficient (Wildman–Crippen LogP) is 8.25. The molecule has 0 aromatic rings. The maximum Gasteiger partial charge on any atom is 0.0571 e. The highest BCUT2D eigenvalue weighted by Crippen LogP contribution is 2.78. The summed E-state index contributed by atoms with van der Waals surface area (Å²) in [6.07, 6.45) is 15.1. The second-order valence-electron chi connectivity index (χ2n) is 15.5. The third-order valence-electron chi connectivity index (χ3n) is 13.9. The van der Waals surface area contributed by atoms with Crippen molar-refractivity contribution in [1.29, 1.82) is 0 Å². The summed E-state index contributed by atoms with van der Waals surface area (Å²) < 4.78 is 0.